The van der Waals surface area contributed by atoms with Crippen LogP contribution < -0.4 is 10.9 Å². The molecular formula is C23H26ClN5O3S. The van der Waals surface area contributed by atoms with Gasteiger partial charge in [0, 0.05) is 61.0 Å². The fraction of sp³-hybridized carbons (Fsp3) is 0.391. The van der Waals surface area contributed by atoms with E-state index in [4.69, 9.17) is 11.6 Å². The summed E-state index contributed by atoms with van der Waals surface area (Å²) in [5, 5.41) is 5.28. The Labute approximate surface area is 200 Å². The van der Waals surface area contributed by atoms with E-state index in [2.05, 4.69) is 15.2 Å². The monoisotopic (exact) mass is 487 g/mol. The molecular weight excluding hydrogens is 462 g/mol. The van der Waals surface area contributed by atoms with Crippen molar-refractivity contribution in [3.05, 3.63) is 68.5 Å². The summed E-state index contributed by atoms with van der Waals surface area (Å²) < 4.78 is 1.54. The lowest BCUT2D eigenvalue weighted by Gasteiger charge is -2.37. The number of nitrogens with one attached hydrogen (secondary N) is 1. The quantitative estimate of drug-likeness (QED) is 0.577. The van der Waals surface area contributed by atoms with Crippen molar-refractivity contribution in [2.45, 2.75) is 26.4 Å². The Hall–Kier alpha value is -2.75. The normalized spacial score (nSPS) is 15.7. The highest BCUT2D eigenvalue weighted by atomic mass is 35.5. The van der Waals surface area contributed by atoms with Gasteiger partial charge in [0.1, 0.15) is 6.04 Å². The standard InChI is InChI=1S/C23H26ClN5O3S/c1-15(2)20(26-21(31)16-3-5-17(24)6-4-16)22(32)28-9-7-27(8-10-28)14-18-13-19(30)29-11-12-33-23(29)25-18/h3-6,11-13,15,20H,7-10,14H2,1-2H3,(H,26,31)/t20-/m0/s1. The summed E-state index contributed by atoms with van der Waals surface area (Å²) >= 11 is 7.33. The van der Waals surface area contributed by atoms with Crippen LogP contribution in [0.25, 0.3) is 4.96 Å². The van der Waals surface area contributed by atoms with Crippen LogP contribution in [0.15, 0.2) is 46.7 Å². The summed E-state index contributed by atoms with van der Waals surface area (Å²) in [5.74, 6) is -0.427. The van der Waals surface area contributed by atoms with Gasteiger partial charge in [0.05, 0.1) is 5.69 Å². The van der Waals surface area contributed by atoms with E-state index in [1.54, 1.807) is 41.4 Å². The van der Waals surface area contributed by atoms with E-state index < -0.39 is 6.04 Å². The van der Waals surface area contributed by atoms with Crippen LogP contribution >= 0.6 is 22.9 Å². The van der Waals surface area contributed by atoms with Crippen LogP contribution in [-0.4, -0.2) is 63.2 Å². The first kappa shape index (κ1) is 23.4. The van der Waals surface area contributed by atoms with Gasteiger partial charge >= 0.3 is 0 Å². The lowest BCUT2D eigenvalue weighted by atomic mass is 10.0. The number of hydrogen-bond acceptors (Lipinski definition) is 6. The van der Waals surface area contributed by atoms with Crippen LogP contribution in [0, 0.1) is 5.92 Å². The maximum absolute atomic E-state index is 13.2. The Morgan fingerprint density at radius 3 is 2.52 bits per heavy atom. The second kappa shape index (κ2) is 10.0. The van der Waals surface area contributed by atoms with Crippen molar-refractivity contribution >= 4 is 39.7 Å². The fourth-order valence-corrected chi connectivity index (χ4v) is 4.73. The molecule has 1 saturated heterocycles. The van der Waals surface area contributed by atoms with Crippen LogP contribution in [0.3, 0.4) is 0 Å². The van der Waals surface area contributed by atoms with Crippen molar-refractivity contribution < 1.29 is 9.59 Å². The second-order valence-corrected chi connectivity index (χ2v) is 9.75. The Balaban J connectivity index is 1.35. The first-order valence-corrected chi connectivity index (χ1v) is 12.1. The number of aromatic nitrogens is 2. The molecule has 0 aliphatic carbocycles. The van der Waals surface area contributed by atoms with Gasteiger partial charge in [0.15, 0.2) is 4.96 Å². The van der Waals surface area contributed by atoms with Crippen LogP contribution in [-0.2, 0) is 11.3 Å². The predicted molar refractivity (Wildman–Crippen MR) is 129 cm³/mol. The number of piperazine rings is 1. The van der Waals surface area contributed by atoms with Crippen molar-refractivity contribution in [1.29, 1.82) is 0 Å². The van der Waals surface area contributed by atoms with Crippen molar-refractivity contribution in [3.63, 3.8) is 0 Å². The average Bonchev–Trinajstić information content (AvgIpc) is 3.27. The number of halogens is 1. The van der Waals surface area contributed by atoms with E-state index in [0.29, 0.717) is 48.3 Å². The van der Waals surface area contributed by atoms with Crippen LogP contribution in [0.2, 0.25) is 5.02 Å². The van der Waals surface area contributed by atoms with Gasteiger partial charge in [0.2, 0.25) is 5.91 Å². The molecule has 1 aromatic carbocycles. The van der Waals surface area contributed by atoms with E-state index in [-0.39, 0.29) is 23.3 Å². The number of carbonyl (C=O) groups excluding carboxylic acids is 2. The molecule has 1 atom stereocenters. The van der Waals surface area contributed by atoms with Gasteiger partial charge in [-0.25, -0.2) is 4.98 Å². The Bertz CT molecular complexity index is 1200. The highest BCUT2D eigenvalue weighted by molar-refractivity contribution is 7.15. The number of benzene rings is 1. The van der Waals surface area contributed by atoms with Gasteiger partial charge in [-0.2, -0.15) is 0 Å². The van der Waals surface area contributed by atoms with Crippen molar-refractivity contribution in [2.24, 2.45) is 5.92 Å². The van der Waals surface area contributed by atoms with Crippen LogP contribution in [0.1, 0.15) is 29.9 Å². The maximum Gasteiger partial charge on any atom is 0.258 e. The SMILES string of the molecule is CC(C)[C@H](NC(=O)c1ccc(Cl)cc1)C(=O)N1CCN(Cc2cc(=O)n3ccsc3n2)CC1. The summed E-state index contributed by atoms with van der Waals surface area (Å²) in [7, 11) is 0. The minimum atomic E-state index is -0.609. The highest BCUT2D eigenvalue weighted by Gasteiger charge is 2.31. The number of fused-ring (bicyclic) bond motifs is 1. The zero-order chi connectivity index (χ0) is 23.5. The van der Waals surface area contributed by atoms with Gasteiger partial charge < -0.3 is 10.2 Å². The zero-order valence-electron chi connectivity index (χ0n) is 18.5. The first-order chi connectivity index (χ1) is 15.8. The molecule has 0 bridgehead atoms. The third-order valence-corrected chi connectivity index (χ3v) is 6.76. The minimum Gasteiger partial charge on any atom is -0.340 e. The van der Waals surface area contributed by atoms with Crippen molar-refractivity contribution in [3.8, 4) is 0 Å². The van der Waals surface area contributed by atoms with Gasteiger partial charge in [-0.3, -0.25) is 23.7 Å². The molecule has 8 nitrogen and oxygen atoms in total. The molecule has 1 aliphatic heterocycles. The summed E-state index contributed by atoms with van der Waals surface area (Å²) in [6.07, 6.45) is 1.72. The number of nitrogens with zero attached hydrogens (tertiary/aromatic N) is 4. The first-order valence-electron chi connectivity index (χ1n) is 10.8. The molecule has 0 unspecified atom stereocenters. The molecule has 3 heterocycles. The average molecular weight is 488 g/mol. The summed E-state index contributed by atoms with van der Waals surface area (Å²) in [4.78, 5) is 47.3. The van der Waals surface area contributed by atoms with Crippen LogP contribution in [0.5, 0.6) is 0 Å². The minimum absolute atomic E-state index is 0.0542. The molecule has 3 aromatic rings. The van der Waals surface area contributed by atoms with E-state index in [0.717, 1.165) is 5.69 Å². The molecule has 2 aromatic heterocycles. The van der Waals surface area contributed by atoms with E-state index in [1.165, 1.54) is 15.7 Å². The number of hydrogen-bond donors (Lipinski definition) is 1. The molecule has 1 N–H and O–H groups in total. The largest absolute Gasteiger partial charge is 0.340 e. The predicted octanol–water partition coefficient (Wildman–Crippen LogP) is 2.51. The maximum atomic E-state index is 13.2. The molecule has 1 aliphatic rings. The Morgan fingerprint density at radius 1 is 1.15 bits per heavy atom. The molecule has 33 heavy (non-hydrogen) atoms. The molecule has 0 radical (unpaired) electrons. The number of amides is 2. The zero-order valence-corrected chi connectivity index (χ0v) is 20.1. The smallest absolute Gasteiger partial charge is 0.258 e. The molecule has 0 spiro atoms. The second-order valence-electron chi connectivity index (χ2n) is 8.44. The number of rotatable bonds is 6. The Kier molecular flexibility index (Phi) is 7.11. The van der Waals surface area contributed by atoms with E-state index in [9.17, 15) is 14.4 Å². The summed E-state index contributed by atoms with van der Waals surface area (Å²) in [6, 6.07) is 7.56. The van der Waals surface area contributed by atoms with Crippen LogP contribution in [0.4, 0.5) is 0 Å². The van der Waals surface area contributed by atoms with E-state index in [1.807, 2.05) is 19.2 Å². The van der Waals surface area contributed by atoms with Crippen molar-refractivity contribution in [1.82, 2.24) is 24.5 Å². The van der Waals surface area contributed by atoms with Crippen molar-refractivity contribution in [2.75, 3.05) is 26.2 Å². The molecule has 0 saturated carbocycles. The summed E-state index contributed by atoms with van der Waals surface area (Å²) in [5.41, 5.74) is 1.12. The third kappa shape index (κ3) is 5.43. The van der Waals surface area contributed by atoms with E-state index >= 15 is 0 Å². The van der Waals surface area contributed by atoms with Gasteiger partial charge in [-0.15, -0.1) is 11.3 Å². The Morgan fingerprint density at radius 2 is 1.85 bits per heavy atom. The number of thiazole rings is 1. The van der Waals surface area contributed by atoms with Gasteiger partial charge in [-0.05, 0) is 30.2 Å². The highest BCUT2D eigenvalue weighted by Crippen LogP contribution is 2.14. The topological polar surface area (TPSA) is 87.0 Å². The summed E-state index contributed by atoms with van der Waals surface area (Å²) in [6.45, 7) is 6.86. The molecule has 10 heteroatoms. The molecule has 2 amide bonds. The fourth-order valence-electron chi connectivity index (χ4n) is 3.86. The lowest BCUT2D eigenvalue weighted by molar-refractivity contribution is -0.136. The molecule has 174 valence electrons. The third-order valence-electron chi connectivity index (χ3n) is 5.75. The molecule has 1 fully saturated rings. The molecule has 4 rings (SSSR count). The number of carbonyl (C=O) groups is 2. The lowest BCUT2D eigenvalue weighted by Crippen LogP contribution is -2.56. The van der Waals surface area contributed by atoms with Gasteiger partial charge in [-0.1, -0.05) is 25.4 Å². The van der Waals surface area contributed by atoms with Gasteiger partial charge in [0.25, 0.3) is 11.5 Å².